The quantitative estimate of drug-likeness (QED) is 0.783. The van der Waals surface area contributed by atoms with E-state index in [1.165, 1.54) is 36.6 Å². The van der Waals surface area contributed by atoms with E-state index in [0.29, 0.717) is 0 Å². The van der Waals surface area contributed by atoms with Crippen molar-refractivity contribution in [2.45, 2.75) is 32.2 Å². The highest BCUT2D eigenvalue weighted by Crippen LogP contribution is 2.27. The predicted molar refractivity (Wildman–Crippen MR) is 66.1 cm³/mol. The Balaban J connectivity index is 1.93. The van der Waals surface area contributed by atoms with E-state index in [-0.39, 0.29) is 0 Å². The summed E-state index contributed by atoms with van der Waals surface area (Å²) >= 11 is 0. The Morgan fingerprint density at radius 1 is 1.31 bits per heavy atom. The van der Waals surface area contributed by atoms with Crippen LogP contribution in [0, 0.1) is 5.92 Å². The molecule has 0 bridgehead atoms. The van der Waals surface area contributed by atoms with Crippen LogP contribution in [0.1, 0.15) is 25.7 Å². The zero-order valence-corrected chi connectivity index (χ0v) is 9.39. The van der Waals surface area contributed by atoms with Gasteiger partial charge in [-0.1, -0.05) is 12.8 Å². The monoisotopic (exact) mass is 215 g/mol. The van der Waals surface area contributed by atoms with E-state index in [1.54, 1.807) is 0 Å². The van der Waals surface area contributed by atoms with Crippen molar-refractivity contribution in [3.8, 4) is 0 Å². The Morgan fingerprint density at radius 3 is 2.94 bits per heavy atom. The molecule has 1 heterocycles. The summed E-state index contributed by atoms with van der Waals surface area (Å²) in [5.74, 6) is 0.810. The summed E-state index contributed by atoms with van der Waals surface area (Å²) in [4.78, 5) is 0. The Hall–Kier alpha value is -1.51. The maximum Gasteiger partial charge on any atom is 0.0702 e. The predicted octanol–water partition coefficient (Wildman–Crippen LogP) is 2.81. The molecule has 2 N–H and O–H groups in total. The number of hydrogen-bond donors (Lipinski definition) is 1. The SMILES string of the molecule is Nc1ccc2cnn(CC3CCCC3)c2c1. The maximum atomic E-state index is 5.82. The Kier molecular flexibility index (Phi) is 2.31. The second-order valence-electron chi connectivity index (χ2n) is 4.80. The fourth-order valence-corrected chi connectivity index (χ4v) is 2.67. The van der Waals surface area contributed by atoms with Crippen molar-refractivity contribution >= 4 is 16.6 Å². The molecule has 0 saturated heterocycles. The lowest BCUT2D eigenvalue weighted by atomic mass is 10.1. The first-order valence-corrected chi connectivity index (χ1v) is 6.04. The highest BCUT2D eigenvalue weighted by molar-refractivity contribution is 5.81. The molecule has 1 aromatic heterocycles. The van der Waals surface area contributed by atoms with Crippen LogP contribution >= 0.6 is 0 Å². The summed E-state index contributed by atoms with van der Waals surface area (Å²) in [5, 5.41) is 5.65. The highest BCUT2D eigenvalue weighted by Gasteiger charge is 2.16. The summed E-state index contributed by atoms with van der Waals surface area (Å²) in [7, 11) is 0. The molecule has 16 heavy (non-hydrogen) atoms. The van der Waals surface area contributed by atoms with Gasteiger partial charge in [-0.25, -0.2) is 0 Å². The lowest BCUT2D eigenvalue weighted by Crippen LogP contribution is -2.08. The van der Waals surface area contributed by atoms with Gasteiger partial charge in [-0.3, -0.25) is 4.68 Å². The van der Waals surface area contributed by atoms with E-state index in [1.807, 2.05) is 24.4 Å². The number of nitrogens with zero attached hydrogens (tertiary/aromatic N) is 2. The van der Waals surface area contributed by atoms with Crippen molar-refractivity contribution < 1.29 is 0 Å². The summed E-state index contributed by atoms with van der Waals surface area (Å²) in [5.41, 5.74) is 7.81. The molecule has 3 nitrogen and oxygen atoms in total. The van der Waals surface area contributed by atoms with Crippen molar-refractivity contribution in [1.82, 2.24) is 9.78 Å². The molecule has 1 aliphatic rings. The standard InChI is InChI=1S/C13H17N3/c14-12-6-5-11-8-15-16(13(11)7-12)9-10-3-1-2-4-10/h5-8,10H,1-4,9,14H2. The van der Waals surface area contributed by atoms with Crippen LogP contribution in [0.4, 0.5) is 5.69 Å². The fourth-order valence-electron chi connectivity index (χ4n) is 2.67. The number of fused-ring (bicyclic) bond motifs is 1. The molecule has 0 unspecified atom stereocenters. The zero-order chi connectivity index (χ0) is 11.0. The van der Waals surface area contributed by atoms with Crippen molar-refractivity contribution in [2.24, 2.45) is 5.92 Å². The normalized spacial score (nSPS) is 17.2. The van der Waals surface area contributed by atoms with Crippen molar-refractivity contribution in [1.29, 1.82) is 0 Å². The van der Waals surface area contributed by atoms with E-state index in [9.17, 15) is 0 Å². The second-order valence-corrected chi connectivity index (χ2v) is 4.80. The van der Waals surface area contributed by atoms with Gasteiger partial charge < -0.3 is 5.73 Å². The van der Waals surface area contributed by atoms with E-state index in [2.05, 4.69) is 9.78 Å². The van der Waals surface area contributed by atoms with Gasteiger partial charge >= 0.3 is 0 Å². The number of anilines is 1. The highest BCUT2D eigenvalue weighted by atomic mass is 15.3. The lowest BCUT2D eigenvalue weighted by molar-refractivity contribution is 0.438. The third-order valence-electron chi connectivity index (χ3n) is 3.57. The van der Waals surface area contributed by atoms with Gasteiger partial charge in [-0.05, 0) is 37.0 Å². The van der Waals surface area contributed by atoms with Gasteiger partial charge in [0.25, 0.3) is 0 Å². The summed E-state index contributed by atoms with van der Waals surface area (Å²) in [6.07, 6.45) is 7.40. The molecule has 1 aliphatic carbocycles. The zero-order valence-electron chi connectivity index (χ0n) is 9.39. The van der Waals surface area contributed by atoms with Crippen LogP contribution in [0.2, 0.25) is 0 Å². The van der Waals surface area contributed by atoms with E-state index in [4.69, 9.17) is 5.73 Å². The van der Waals surface area contributed by atoms with Crippen LogP contribution < -0.4 is 5.73 Å². The fraction of sp³-hybridized carbons (Fsp3) is 0.462. The van der Waals surface area contributed by atoms with Gasteiger partial charge in [0.1, 0.15) is 0 Å². The van der Waals surface area contributed by atoms with E-state index >= 15 is 0 Å². The van der Waals surface area contributed by atoms with Crippen LogP contribution in [0.5, 0.6) is 0 Å². The molecule has 84 valence electrons. The Bertz CT molecular complexity index is 495. The second kappa shape index (κ2) is 3.81. The molecule has 1 saturated carbocycles. The third kappa shape index (κ3) is 1.66. The van der Waals surface area contributed by atoms with Crippen molar-refractivity contribution in [3.63, 3.8) is 0 Å². The molecular weight excluding hydrogens is 198 g/mol. The minimum Gasteiger partial charge on any atom is -0.399 e. The van der Waals surface area contributed by atoms with E-state index < -0.39 is 0 Å². The first-order chi connectivity index (χ1) is 7.83. The molecule has 1 fully saturated rings. The maximum absolute atomic E-state index is 5.82. The number of rotatable bonds is 2. The molecule has 2 aromatic rings. The molecule has 0 atom stereocenters. The minimum atomic E-state index is 0.810. The van der Waals surface area contributed by atoms with Crippen LogP contribution in [-0.4, -0.2) is 9.78 Å². The minimum absolute atomic E-state index is 0.810. The van der Waals surface area contributed by atoms with Gasteiger partial charge in [-0.2, -0.15) is 5.10 Å². The van der Waals surface area contributed by atoms with Crippen LogP contribution in [-0.2, 0) is 6.54 Å². The van der Waals surface area contributed by atoms with Gasteiger partial charge in [0.05, 0.1) is 11.7 Å². The van der Waals surface area contributed by atoms with Crippen LogP contribution in [0.15, 0.2) is 24.4 Å². The molecule has 0 aliphatic heterocycles. The first-order valence-electron chi connectivity index (χ1n) is 6.04. The molecule has 3 rings (SSSR count). The summed E-state index contributed by atoms with van der Waals surface area (Å²) < 4.78 is 2.11. The number of nitrogen functional groups attached to an aromatic ring is 1. The van der Waals surface area contributed by atoms with Gasteiger partial charge in [0.15, 0.2) is 0 Å². The number of aromatic nitrogens is 2. The van der Waals surface area contributed by atoms with Gasteiger partial charge in [0.2, 0.25) is 0 Å². The van der Waals surface area contributed by atoms with Crippen molar-refractivity contribution in [2.75, 3.05) is 5.73 Å². The third-order valence-corrected chi connectivity index (χ3v) is 3.57. The number of nitrogens with two attached hydrogens (primary N) is 1. The van der Waals surface area contributed by atoms with Crippen LogP contribution in [0.3, 0.4) is 0 Å². The molecule has 0 amide bonds. The molecule has 0 spiro atoms. The lowest BCUT2D eigenvalue weighted by Gasteiger charge is -2.10. The Morgan fingerprint density at radius 2 is 2.12 bits per heavy atom. The number of hydrogen-bond acceptors (Lipinski definition) is 2. The summed E-state index contributed by atoms with van der Waals surface area (Å²) in [6.45, 7) is 1.05. The Labute approximate surface area is 95.2 Å². The van der Waals surface area contributed by atoms with Crippen molar-refractivity contribution in [3.05, 3.63) is 24.4 Å². The average Bonchev–Trinajstić information content (AvgIpc) is 2.90. The van der Waals surface area contributed by atoms with Crippen LogP contribution in [0.25, 0.3) is 10.9 Å². The number of benzene rings is 1. The first kappa shape index (κ1) is 9.70. The van der Waals surface area contributed by atoms with Gasteiger partial charge in [-0.15, -0.1) is 0 Å². The summed E-state index contributed by atoms with van der Waals surface area (Å²) in [6, 6.07) is 6.00. The topological polar surface area (TPSA) is 43.8 Å². The van der Waals surface area contributed by atoms with Gasteiger partial charge in [0, 0.05) is 17.6 Å². The molecule has 3 heteroatoms. The molecule has 1 aromatic carbocycles. The van der Waals surface area contributed by atoms with E-state index in [0.717, 1.165) is 18.2 Å². The largest absolute Gasteiger partial charge is 0.399 e. The molecular formula is C13H17N3. The molecule has 0 radical (unpaired) electrons. The average molecular weight is 215 g/mol. The smallest absolute Gasteiger partial charge is 0.0702 e.